The van der Waals surface area contributed by atoms with E-state index in [-0.39, 0.29) is 104 Å². The Morgan fingerprint density at radius 3 is 1.06 bits per heavy atom. The fraction of sp³-hybridized carbons (Fsp3) is 0.586. The van der Waals surface area contributed by atoms with E-state index < -0.39 is 30.6 Å². The van der Waals surface area contributed by atoms with Gasteiger partial charge in [-0.15, -0.1) is 0 Å². The first-order valence-corrected chi connectivity index (χ1v) is 16.3. The third-order valence-electron chi connectivity index (χ3n) is 9.44. The molecule has 0 atom stereocenters. The monoisotopic (exact) mass is 714 g/mol. The number of imidazole rings is 4. The molecule has 22 nitrogen and oxygen atoms in total. The molecule has 8 N–H and O–H groups in total. The molecule has 4 heterocycles. The SMILES string of the molecule is Cc1nc(CCC(N)(CCc2nc(C)[nH]c2[N+](=O)[O-])C(CCCN)(CCc2nc(C)[nH]c2[N+](=O)[O-])CCc2nc(C)[nH]c2[N+](=O)[O-])c([N+](=O)[O-])[nH]1. The molecular weight excluding hydrogens is 672 g/mol. The number of aromatic amines is 4. The quantitative estimate of drug-likeness (QED) is 0.0561. The molecule has 22 heteroatoms. The van der Waals surface area contributed by atoms with E-state index >= 15 is 0 Å². The summed E-state index contributed by atoms with van der Waals surface area (Å²) in [6.45, 7) is 6.56. The molecule has 51 heavy (non-hydrogen) atoms. The zero-order valence-corrected chi connectivity index (χ0v) is 28.8. The normalized spacial score (nSPS) is 12.0. The van der Waals surface area contributed by atoms with E-state index in [0.717, 1.165) is 0 Å². The highest BCUT2D eigenvalue weighted by Crippen LogP contribution is 2.49. The Morgan fingerprint density at radius 2 is 0.804 bits per heavy atom. The van der Waals surface area contributed by atoms with E-state index in [4.69, 9.17) is 11.5 Å². The highest BCUT2D eigenvalue weighted by Gasteiger charge is 2.48. The topological polar surface area (TPSA) is 339 Å². The second-order valence-corrected chi connectivity index (χ2v) is 12.8. The molecule has 0 bridgehead atoms. The van der Waals surface area contributed by atoms with Gasteiger partial charge in [-0.3, -0.25) is 0 Å². The van der Waals surface area contributed by atoms with Gasteiger partial charge in [0, 0.05) is 46.1 Å². The third-order valence-corrected chi connectivity index (χ3v) is 9.44. The molecule has 0 amide bonds. The van der Waals surface area contributed by atoms with Crippen molar-refractivity contribution in [3.8, 4) is 0 Å². The smallest absolute Gasteiger partial charge is 0.343 e. The van der Waals surface area contributed by atoms with Crippen LogP contribution >= 0.6 is 0 Å². The minimum atomic E-state index is -1.33. The zero-order valence-electron chi connectivity index (χ0n) is 28.8. The molecule has 276 valence electrons. The van der Waals surface area contributed by atoms with Crippen LogP contribution in [0, 0.1) is 73.6 Å². The van der Waals surface area contributed by atoms with E-state index in [1.807, 2.05) is 0 Å². The molecule has 0 saturated heterocycles. The number of nitrogens with zero attached hydrogens (tertiary/aromatic N) is 8. The first kappa shape index (κ1) is 38.2. The molecule has 0 aliphatic rings. The van der Waals surface area contributed by atoms with Gasteiger partial charge in [0.1, 0.15) is 22.8 Å². The number of aryl methyl sites for hydroxylation is 8. The zero-order chi connectivity index (χ0) is 37.7. The van der Waals surface area contributed by atoms with Crippen LogP contribution in [0.2, 0.25) is 0 Å². The number of aromatic nitrogens is 8. The molecular formula is C29H42N14O8. The van der Waals surface area contributed by atoms with Crippen molar-refractivity contribution in [1.29, 1.82) is 0 Å². The molecule has 4 rings (SSSR count). The lowest BCUT2D eigenvalue weighted by Crippen LogP contribution is -2.57. The van der Waals surface area contributed by atoms with Gasteiger partial charge >= 0.3 is 23.3 Å². The Hall–Kier alpha value is -5.64. The molecule has 0 aromatic carbocycles. The van der Waals surface area contributed by atoms with E-state index in [2.05, 4.69) is 39.9 Å². The lowest BCUT2D eigenvalue weighted by molar-refractivity contribution is -0.390. The Kier molecular flexibility index (Phi) is 11.6. The van der Waals surface area contributed by atoms with Gasteiger partial charge in [0.2, 0.25) is 0 Å². The van der Waals surface area contributed by atoms with Crippen molar-refractivity contribution in [1.82, 2.24) is 39.9 Å². The highest BCUT2D eigenvalue weighted by atomic mass is 16.6. The van der Waals surface area contributed by atoms with Crippen molar-refractivity contribution in [2.45, 2.75) is 97.4 Å². The molecule has 0 spiro atoms. The van der Waals surface area contributed by atoms with Crippen LogP contribution in [-0.4, -0.2) is 71.6 Å². The van der Waals surface area contributed by atoms with Crippen LogP contribution in [0.15, 0.2) is 0 Å². The summed E-state index contributed by atoms with van der Waals surface area (Å²) in [6, 6.07) is 0. The summed E-state index contributed by atoms with van der Waals surface area (Å²) in [5.74, 6) is 0.120. The molecule has 0 unspecified atom stereocenters. The summed E-state index contributed by atoms with van der Waals surface area (Å²) in [7, 11) is 0. The van der Waals surface area contributed by atoms with Gasteiger partial charge in [-0.25, -0.2) is 39.9 Å². The first-order valence-electron chi connectivity index (χ1n) is 16.3. The average molecular weight is 715 g/mol. The first-order chi connectivity index (χ1) is 24.0. The van der Waals surface area contributed by atoms with Gasteiger partial charge in [-0.1, -0.05) is 0 Å². The number of nitrogens with two attached hydrogens (primary N) is 2. The van der Waals surface area contributed by atoms with Gasteiger partial charge in [0.25, 0.3) is 0 Å². The Balaban J connectivity index is 1.88. The summed E-state index contributed by atoms with van der Waals surface area (Å²) in [5, 5.41) is 47.6. The Morgan fingerprint density at radius 1 is 0.529 bits per heavy atom. The Labute approximate surface area is 290 Å². The van der Waals surface area contributed by atoms with Gasteiger partial charge in [0.15, 0.2) is 23.3 Å². The predicted molar refractivity (Wildman–Crippen MR) is 181 cm³/mol. The number of nitrogens with one attached hydrogen (secondary N) is 4. The van der Waals surface area contributed by atoms with Crippen molar-refractivity contribution in [2.75, 3.05) is 6.54 Å². The number of hydrogen-bond donors (Lipinski definition) is 6. The lowest BCUT2D eigenvalue weighted by atomic mass is 9.58. The molecule has 0 radical (unpaired) electrons. The van der Waals surface area contributed by atoms with Crippen LogP contribution in [0.5, 0.6) is 0 Å². The van der Waals surface area contributed by atoms with Crippen LogP contribution < -0.4 is 11.5 Å². The van der Waals surface area contributed by atoms with Crippen LogP contribution in [0.4, 0.5) is 23.3 Å². The number of hydrogen-bond acceptors (Lipinski definition) is 14. The second-order valence-electron chi connectivity index (χ2n) is 12.8. The minimum absolute atomic E-state index is 0.0204. The Bertz CT molecular complexity index is 1780. The second kappa shape index (κ2) is 15.5. The molecule has 0 aliphatic carbocycles. The van der Waals surface area contributed by atoms with Crippen molar-refractivity contribution < 1.29 is 19.7 Å². The van der Waals surface area contributed by atoms with Gasteiger partial charge in [0.05, 0.1) is 0 Å². The predicted octanol–water partition coefficient (Wildman–Crippen LogP) is 3.70. The van der Waals surface area contributed by atoms with Gasteiger partial charge in [-0.2, -0.15) is 0 Å². The summed E-state index contributed by atoms with van der Waals surface area (Å²) in [4.78, 5) is 73.4. The van der Waals surface area contributed by atoms with Crippen molar-refractivity contribution in [3.05, 3.63) is 86.5 Å². The summed E-state index contributed by atoms with van der Waals surface area (Å²) < 4.78 is 0. The number of rotatable bonds is 20. The molecule has 0 fully saturated rings. The van der Waals surface area contributed by atoms with E-state index in [1.54, 1.807) is 27.7 Å². The fourth-order valence-corrected chi connectivity index (χ4v) is 7.02. The standard InChI is InChI=1S/C29H42N14O8/c1-16-32-20(24(36-16)40(44)45)6-11-28(10-5-15-30,12-7-21-25(41(46)47)37-17(2)33-21)29(31,13-8-22-26(42(48)49)38-18(3)34-22)14-9-23-27(43(50)51)39-19(4)35-23/h5-15,30-31H2,1-4H3,(H,32,36)(H,33,37)(H,34,38)(H,35,39). The van der Waals surface area contributed by atoms with Crippen LogP contribution in [0.1, 0.15) is 84.6 Å². The largest absolute Gasteiger partial charge is 0.358 e. The van der Waals surface area contributed by atoms with Crippen LogP contribution in [0.3, 0.4) is 0 Å². The lowest BCUT2D eigenvalue weighted by Gasteiger charge is -2.50. The minimum Gasteiger partial charge on any atom is -0.358 e. The number of H-pyrrole nitrogens is 4. The maximum Gasteiger partial charge on any atom is 0.343 e. The maximum absolute atomic E-state index is 11.9. The van der Waals surface area contributed by atoms with Crippen molar-refractivity contribution in [3.63, 3.8) is 0 Å². The molecule has 0 saturated carbocycles. The average Bonchev–Trinajstić information content (AvgIpc) is 3.83. The fourth-order valence-electron chi connectivity index (χ4n) is 7.02. The highest BCUT2D eigenvalue weighted by molar-refractivity contribution is 5.32. The van der Waals surface area contributed by atoms with Gasteiger partial charge < -0.3 is 51.9 Å². The van der Waals surface area contributed by atoms with Crippen LogP contribution in [-0.2, 0) is 25.7 Å². The van der Waals surface area contributed by atoms with E-state index in [1.165, 1.54) is 0 Å². The van der Waals surface area contributed by atoms with Crippen molar-refractivity contribution >= 4 is 23.3 Å². The van der Waals surface area contributed by atoms with Gasteiger partial charge in [-0.05, 0) is 83.0 Å². The maximum atomic E-state index is 11.9. The molecule has 4 aromatic heterocycles. The third kappa shape index (κ3) is 8.57. The van der Waals surface area contributed by atoms with Crippen LogP contribution in [0.25, 0.3) is 0 Å². The summed E-state index contributed by atoms with van der Waals surface area (Å²) in [6.07, 6.45) is 1.42. The summed E-state index contributed by atoms with van der Waals surface area (Å²) in [5.41, 5.74) is 11.9. The summed E-state index contributed by atoms with van der Waals surface area (Å²) >= 11 is 0. The van der Waals surface area contributed by atoms with E-state index in [0.29, 0.717) is 36.1 Å². The number of nitro groups is 4. The molecule has 0 aliphatic heterocycles. The van der Waals surface area contributed by atoms with Crippen molar-refractivity contribution in [2.24, 2.45) is 16.9 Å². The van der Waals surface area contributed by atoms with E-state index in [9.17, 15) is 40.5 Å². The molecule has 4 aromatic rings.